The molecular weight excluding hydrogens is 231 g/mol. The summed E-state index contributed by atoms with van der Waals surface area (Å²) < 4.78 is 21.4. The van der Waals surface area contributed by atoms with Crippen LogP contribution < -0.4 is 0 Å². The van der Waals surface area contributed by atoms with Crippen LogP contribution >= 0.6 is 7.14 Å². The Morgan fingerprint density at radius 1 is 1.12 bits per heavy atom. The summed E-state index contributed by atoms with van der Waals surface area (Å²) in [5.41, 5.74) is -0.897. The molecule has 0 radical (unpaired) electrons. The summed E-state index contributed by atoms with van der Waals surface area (Å²) in [6, 6.07) is 0. The van der Waals surface area contributed by atoms with Crippen molar-refractivity contribution in [2.45, 2.75) is 25.9 Å². The Hall–Kier alpha value is -0.830. The minimum atomic E-state index is -2.71. The van der Waals surface area contributed by atoms with Crippen molar-refractivity contribution in [3.63, 3.8) is 0 Å². The van der Waals surface area contributed by atoms with Gasteiger partial charge in [0.25, 0.3) is 0 Å². The normalized spacial score (nSPS) is 13.0. The van der Waals surface area contributed by atoms with E-state index in [2.05, 4.69) is 0 Å². The molecule has 0 saturated heterocycles. The minimum Gasteiger partial charge on any atom is -0.466 e. The van der Waals surface area contributed by atoms with Crippen LogP contribution in [-0.2, 0) is 23.6 Å². The van der Waals surface area contributed by atoms with Crippen LogP contribution in [0.25, 0.3) is 0 Å². The van der Waals surface area contributed by atoms with Crippen molar-refractivity contribution >= 4 is 19.1 Å². The lowest BCUT2D eigenvalue weighted by Gasteiger charge is -2.18. The second-order valence-electron chi connectivity index (χ2n) is 3.71. The van der Waals surface area contributed by atoms with Crippen molar-refractivity contribution < 1.29 is 23.6 Å². The molecule has 6 heteroatoms. The summed E-state index contributed by atoms with van der Waals surface area (Å²) in [5.74, 6) is -1.12. The molecule has 0 N–H and O–H groups in total. The summed E-state index contributed by atoms with van der Waals surface area (Å²) >= 11 is 0. The summed E-state index contributed by atoms with van der Waals surface area (Å²) in [6.07, 6.45) is -0.184. The topological polar surface area (TPSA) is 69.7 Å². The monoisotopic (exact) mass is 250 g/mol. The van der Waals surface area contributed by atoms with E-state index in [1.807, 2.05) is 0 Å². The predicted molar refractivity (Wildman–Crippen MR) is 61.1 cm³/mol. The molecule has 16 heavy (non-hydrogen) atoms. The molecule has 1 unspecified atom stereocenters. The molecule has 94 valence electrons. The fraction of sp³-hybridized carbons (Fsp3) is 0.800. The number of hydrogen-bond acceptors (Lipinski definition) is 5. The predicted octanol–water partition coefficient (Wildman–Crippen LogP) is 1.49. The van der Waals surface area contributed by atoms with Gasteiger partial charge in [0.1, 0.15) is 5.66 Å². The molecule has 0 rings (SSSR count). The molecule has 0 amide bonds. The Morgan fingerprint density at radius 2 is 1.62 bits per heavy atom. The summed E-state index contributed by atoms with van der Waals surface area (Å²) in [5, 5.41) is 0. The minimum absolute atomic E-state index is 0.184. The largest absolute Gasteiger partial charge is 0.466 e. The molecule has 0 spiro atoms. The fourth-order valence-electron chi connectivity index (χ4n) is 1.17. The molecule has 0 fully saturated rings. The van der Waals surface area contributed by atoms with E-state index in [0.29, 0.717) is 0 Å². The lowest BCUT2D eigenvalue weighted by atomic mass is 10.3. The second-order valence-corrected chi connectivity index (χ2v) is 7.20. The molecule has 0 bridgehead atoms. The van der Waals surface area contributed by atoms with Crippen molar-refractivity contribution in [2.24, 2.45) is 0 Å². The zero-order valence-electron chi connectivity index (χ0n) is 10.2. The molecular formula is C10H19O5P. The first-order valence-corrected chi connectivity index (χ1v) is 7.86. The fourth-order valence-corrected chi connectivity index (χ4v) is 2.34. The van der Waals surface area contributed by atoms with Crippen molar-refractivity contribution in [3.8, 4) is 0 Å². The van der Waals surface area contributed by atoms with Gasteiger partial charge in [-0.25, -0.2) is 0 Å². The molecule has 0 aliphatic heterocycles. The van der Waals surface area contributed by atoms with Crippen LogP contribution in [0, 0.1) is 0 Å². The molecule has 5 nitrogen and oxygen atoms in total. The van der Waals surface area contributed by atoms with Crippen molar-refractivity contribution in [3.05, 3.63) is 0 Å². The molecule has 0 aromatic rings. The van der Waals surface area contributed by atoms with Gasteiger partial charge in [-0.3, -0.25) is 9.59 Å². The van der Waals surface area contributed by atoms with Gasteiger partial charge in [-0.05, 0) is 27.2 Å². The summed E-state index contributed by atoms with van der Waals surface area (Å²) in [7, 11) is -2.71. The van der Waals surface area contributed by atoms with Crippen LogP contribution in [0.2, 0.25) is 0 Å². The van der Waals surface area contributed by atoms with Crippen LogP contribution in [0.3, 0.4) is 0 Å². The van der Waals surface area contributed by atoms with E-state index in [-0.39, 0.29) is 19.6 Å². The first kappa shape index (κ1) is 15.2. The zero-order chi connectivity index (χ0) is 12.8. The number of carbonyl (C=O) groups is 2. The van der Waals surface area contributed by atoms with E-state index in [1.165, 1.54) is 13.3 Å². The maximum Gasteiger partial charge on any atom is 0.316 e. The van der Waals surface area contributed by atoms with Gasteiger partial charge in [-0.15, -0.1) is 0 Å². The van der Waals surface area contributed by atoms with Crippen LogP contribution in [0.1, 0.15) is 20.3 Å². The maximum atomic E-state index is 11.9. The van der Waals surface area contributed by atoms with Crippen LogP contribution in [0.15, 0.2) is 0 Å². The van der Waals surface area contributed by atoms with Crippen molar-refractivity contribution in [1.82, 2.24) is 0 Å². The zero-order valence-corrected chi connectivity index (χ0v) is 11.1. The third-order valence-electron chi connectivity index (χ3n) is 1.97. The highest BCUT2D eigenvalue weighted by atomic mass is 31.2. The van der Waals surface area contributed by atoms with E-state index in [4.69, 9.17) is 9.47 Å². The van der Waals surface area contributed by atoms with Crippen molar-refractivity contribution in [2.75, 3.05) is 26.5 Å². The SMILES string of the molecule is CCOC(=O)CC(C(=O)OCC)P(C)(C)=O. The van der Waals surface area contributed by atoms with E-state index < -0.39 is 24.7 Å². The Kier molecular flexibility index (Phi) is 6.34. The quantitative estimate of drug-likeness (QED) is 0.527. The lowest BCUT2D eigenvalue weighted by Crippen LogP contribution is -2.27. The van der Waals surface area contributed by atoms with Crippen LogP contribution in [-0.4, -0.2) is 44.1 Å². The Morgan fingerprint density at radius 3 is 2.00 bits per heavy atom. The van der Waals surface area contributed by atoms with Gasteiger partial charge in [-0.2, -0.15) is 0 Å². The van der Waals surface area contributed by atoms with Gasteiger partial charge in [0.15, 0.2) is 0 Å². The van der Waals surface area contributed by atoms with E-state index >= 15 is 0 Å². The Labute approximate surface area is 95.9 Å². The number of esters is 2. The van der Waals surface area contributed by atoms with Gasteiger partial charge >= 0.3 is 11.9 Å². The van der Waals surface area contributed by atoms with E-state index in [0.717, 1.165) is 0 Å². The average molecular weight is 250 g/mol. The van der Waals surface area contributed by atoms with E-state index in [1.54, 1.807) is 13.8 Å². The van der Waals surface area contributed by atoms with Gasteiger partial charge < -0.3 is 14.0 Å². The van der Waals surface area contributed by atoms with Crippen molar-refractivity contribution in [1.29, 1.82) is 0 Å². The smallest absolute Gasteiger partial charge is 0.316 e. The molecule has 0 aromatic carbocycles. The highest BCUT2D eigenvalue weighted by Gasteiger charge is 2.34. The van der Waals surface area contributed by atoms with Gasteiger partial charge in [-0.1, -0.05) is 0 Å². The summed E-state index contributed by atoms with van der Waals surface area (Å²) in [4.78, 5) is 22.8. The van der Waals surface area contributed by atoms with Crippen LogP contribution in [0.5, 0.6) is 0 Å². The molecule has 0 aromatic heterocycles. The van der Waals surface area contributed by atoms with Gasteiger partial charge in [0.05, 0.1) is 26.8 Å². The third kappa shape index (κ3) is 5.31. The Bertz CT molecular complexity index is 294. The maximum absolute atomic E-state index is 11.9. The number of carbonyl (C=O) groups excluding carboxylic acids is 2. The highest BCUT2D eigenvalue weighted by Crippen LogP contribution is 2.44. The molecule has 0 aliphatic carbocycles. The molecule has 0 heterocycles. The van der Waals surface area contributed by atoms with Crippen LogP contribution in [0.4, 0.5) is 0 Å². The lowest BCUT2D eigenvalue weighted by molar-refractivity contribution is -0.149. The standard InChI is InChI=1S/C10H19O5P/c1-5-14-9(11)7-8(16(3,4)13)10(12)15-6-2/h8H,5-7H2,1-4H3. The number of hydrogen-bond donors (Lipinski definition) is 0. The van der Waals surface area contributed by atoms with E-state index in [9.17, 15) is 14.2 Å². The van der Waals surface area contributed by atoms with Gasteiger partial charge in [0, 0.05) is 0 Å². The summed E-state index contributed by atoms with van der Waals surface area (Å²) in [6.45, 7) is 6.72. The average Bonchev–Trinajstić information content (AvgIpc) is 2.13. The second kappa shape index (κ2) is 6.69. The molecule has 0 aliphatic rings. The third-order valence-corrected chi connectivity index (χ3v) is 3.87. The molecule has 0 saturated carbocycles. The molecule has 1 atom stereocenters. The van der Waals surface area contributed by atoms with Gasteiger partial charge in [0.2, 0.25) is 0 Å². The number of ether oxygens (including phenoxy) is 2. The first-order chi connectivity index (χ1) is 7.32. The first-order valence-electron chi connectivity index (χ1n) is 5.19. The number of rotatable bonds is 6. The Balaban J connectivity index is 4.63. The highest BCUT2D eigenvalue weighted by molar-refractivity contribution is 7.64.